The molecule has 1 rings (SSSR count). The molecule has 8 nitrogen and oxygen atoms in total. The number of hydrogen-bond donors (Lipinski definition) is 3. The van der Waals surface area contributed by atoms with Crippen molar-refractivity contribution in [2.24, 2.45) is 4.99 Å². The number of hydrogen-bond acceptors (Lipinski definition) is 5. The van der Waals surface area contributed by atoms with Crippen LogP contribution in [0, 0.1) is 0 Å². The number of aliphatic imine (C=N–C) groups is 1. The molecule has 2 unspecified atom stereocenters. The number of carbonyl (C=O) groups excluding carboxylic acids is 1. The van der Waals surface area contributed by atoms with Gasteiger partial charge in [0.2, 0.25) is 0 Å². The standard InChI is InChI=1S/C20H34N4O4S/c1-15(12-13-29(6,26)27)23-18(21-5)22-14-17(16-10-8-7-9-11-16)24-19(25)28-20(2,3)4/h7-11,15,17H,12-14H2,1-6H3,(H,24,25)(H2,21,22,23). The Balaban J connectivity index is 2.73. The van der Waals surface area contributed by atoms with Crippen LogP contribution < -0.4 is 16.0 Å². The average molecular weight is 427 g/mol. The van der Waals surface area contributed by atoms with E-state index in [4.69, 9.17) is 4.74 Å². The Hall–Kier alpha value is -2.29. The van der Waals surface area contributed by atoms with Gasteiger partial charge in [0.15, 0.2) is 5.96 Å². The summed E-state index contributed by atoms with van der Waals surface area (Å²) in [6, 6.07) is 9.15. The van der Waals surface area contributed by atoms with Crippen molar-refractivity contribution in [2.45, 2.75) is 51.8 Å². The fraction of sp³-hybridized carbons (Fsp3) is 0.600. The largest absolute Gasteiger partial charge is 0.444 e. The molecule has 0 radical (unpaired) electrons. The van der Waals surface area contributed by atoms with Crippen LogP contribution in [0.4, 0.5) is 4.79 Å². The van der Waals surface area contributed by atoms with Gasteiger partial charge in [-0.3, -0.25) is 4.99 Å². The Bertz CT molecular complexity index is 773. The normalized spacial score (nSPS) is 14.6. The van der Waals surface area contributed by atoms with Crippen molar-refractivity contribution in [1.29, 1.82) is 0 Å². The molecule has 0 aromatic heterocycles. The molecule has 0 aliphatic carbocycles. The first-order chi connectivity index (χ1) is 13.4. The van der Waals surface area contributed by atoms with E-state index in [1.54, 1.807) is 7.05 Å². The van der Waals surface area contributed by atoms with Gasteiger partial charge in [0, 0.05) is 25.9 Å². The van der Waals surface area contributed by atoms with Gasteiger partial charge >= 0.3 is 6.09 Å². The summed E-state index contributed by atoms with van der Waals surface area (Å²) in [4.78, 5) is 16.4. The lowest BCUT2D eigenvalue weighted by atomic mass is 10.1. The molecule has 2 atom stereocenters. The van der Waals surface area contributed by atoms with Gasteiger partial charge in [0.1, 0.15) is 15.4 Å². The lowest BCUT2D eigenvalue weighted by Crippen LogP contribution is -2.46. The highest BCUT2D eigenvalue weighted by Gasteiger charge is 2.21. The lowest BCUT2D eigenvalue weighted by Gasteiger charge is -2.25. The summed E-state index contributed by atoms with van der Waals surface area (Å²) in [5, 5.41) is 9.23. The molecule has 164 valence electrons. The smallest absolute Gasteiger partial charge is 0.408 e. The van der Waals surface area contributed by atoms with Crippen LogP contribution in [0.5, 0.6) is 0 Å². The van der Waals surface area contributed by atoms with Gasteiger partial charge in [-0.05, 0) is 39.7 Å². The van der Waals surface area contributed by atoms with E-state index in [9.17, 15) is 13.2 Å². The lowest BCUT2D eigenvalue weighted by molar-refractivity contribution is 0.0504. The fourth-order valence-electron chi connectivity index (χ4n) is 2.48. The van der Waals surface area contributed by atoms with Gasteiger partial charge < -0.3 is 20.7 Å². The maximum absolute atomic E-state index is 12.2. The van der Waals surface area contributed by atoms with Gasteiger partial charge in [0.05, 0.1) is 11.8 Å². The van der Waals surface area contributed by atoms with Crippen molar-refractivity contribution in [3.63, 3.8) is 0 Å². The second-order valence-corrected chi connectivity index (χ2v) is 10.3. The van der Waals surface area contributed by atoms with E-state index >= 15 is 0 Å². The quantitative estimate of drug-likeness (QED) is 0.434. The van der Waals surface area contributed by atoms with E-state index in [2.05, 4.69) is 20.9 Å². The van der Waals surface area contributed by atoms with Crippen LogP contribution in [0.1, 0.15) is 45.7 Å². The molecule has 0 saturated carbocycles. The van der Waals surface area contributed by atoms with Gasteiger partial charge in [-0.15, -0.1) is 0 Å². The van der Waals surface area contributed by atoms with Gasteiger partial charge in [0.25, 0.3) is 0 Å². The molecule has 0 bridgehead atoms. The second-order valence-electron chi connectivity index (χ2n) is 8.03. The third kappa shape index (κ3) is 11.3. The summed E-state index contributed by atoms with van der Waals surface area (Å²) in [6.07, 6.45) is 1.19. The predicted molar refractivity (Wildman–Crippen MR) is 117 cm³/mol. The minimum Gasteiger partial charge on any atom is -0.444 e. The Morgan fingerprint density at radius 2 is 1.79 bits per heavy atom. The van der Waals surface area contributed by atoms with Crippen molar-refractivity contribution in [2.75, 3.05) is 25.6 Å². The molecule has 3 N–H and O–H groups in total. The molecular weight excluding hydrogens is 392 g/mol. The van der Waals surface area contributed by atoms with E-state index in [-0.39, 0.29) is 17.8 Å². The number of nitrogens with one attached hydrogen (secondary N) is 3. The van der Waals surface area contributed by atoms with Gasteiger partial charge in [-0.2, -0.15) is 0 Å². The van der Waals surface area contributed by atoms with Crippen molar-refractivity contribution >= 4 is 21.9 Å². The fourth-order valence-corrected chi connectivity index (χ4v) is 3.26. The number of sulfone groups is 1. The summed E-state index contributed by atoms with van der Waals surface area (Å²) in [5.74, 6) is 0.628. The maximum atomic E-state index is 12.2. The van der Waals surface area contributed by atoms with E-state index < -0.39 is 21.5 Å². The number of ether oxygens (including phenoxy) is 1. The zero-order valence-corrected chi connectivity index (χ0v) is 19.0. The summed E-state index contributed by atoms with van der Waals surface area (Å²) in [7, 11) is -1.38. The minimum atomic E-state index is -3.01. The molecule has 0 saturated heterocycles. The van der Waals surface area contributed by atoms with Gasteiger partial charge in [-0.25, -0.2) is 13.2 Å². The Morgan fingerprint density at radius 1 is 1.17 bits per heavy atom. The number of carbonyl (C=O) groups is 1. The Morgan fingerprint density at radius 3 is 2.31 bits per heavy atom. The molecule has 1 amide bonds. The summed E-state index contributed by atoms with van der Waals surface area (Å²) in [5.41, 5.74) is 0.331. The topological polar surface area (TPSA) is 109 Å². The summed E-state index contributed by atoms with van der Waals surface area (Å²) < 4.78 is 28.0. The Labute approximate surface area is 174 Å². The first kappa shape index (κ1) is 24.7. The van der Waals surface area contributed by atoms with Crippen molar-refractivity contribution in [1.82, 2.24) is 16.0 Å². The van der Waals surface area contributed by atoms with Crippen LogP contribution in [0.3, 0.4) is 0 Å². The Kier molecular flexibility index (Phi) is 9.42. The van der Waals surface area contributed by atoms with Crippen LogP contribution in [-0.2, 0) is 14.6 Å². The second kappa shape index (κ2) is 11.0. The number of nitrogens with zero attached hydrogens (tertiary/aromatic N) is 1. The number of guanidine groups is 1. The molecule has 29 heavy (non-hydrogen) atoms. The van der Waals surface area contributed by atoms with Crippen molar-refractivity contribution in [3.8, 4) is 0 Å². The molecule has 0 fully saturated rings. The number of amides is 1. The number of rotatable bonds is 8. The zero-order valence-electron chi connectivity index (χ0n) is 18.2. The SMILES string of the molecule is CN=C(NCC(NC(=O)OC(C)(C)C)c1ccccc1)NC(C)CCS(C)(=O)=O. The molecule has 0 spiro atoms. The third-order valence-corrected chi connectivity index (χ3v) is 4.87. The molecular formula is C20H34N4O4S. The molecule has 1 aromatic rings. The van der Waals surface area contributed by atoms with E-state index in [0.29, 0.717) is 18.9 Å². The van der Waals surface area contributed by atoms with Crippen LogP contribution in [0.15, 0.2) is 35.3 Å². The first-order valence-electron chi connectivity index (χ1n) is 9.59. The van der Waals surface area contributed by atoms with Gasteiger partial charge in [-0.1, -0.05) is 30.3 Å². The highest BCUT2D eigenvalue weighted by molar-refractivity contribution is 7.90. The molecule has 1 aromatic carbocycles. The monoisotopic (exact) mass is 426 g/mol. The molecule has 0 heterocycles. The molecule has 0 aliphatic heterocycles. The van der Waals surface area contributed by atoms with Crippen LogP contribution in [-0.4, -0.2) is 57.7 Å². The van der Waals surface area contributed by atoms with E-state index in [0.717, 1.165) is 5.56 Å². The highest BCUT2D eigenvalue weighted by atomic mass is 32.2. The maximum Gasteiger partial charge on any atom is 0.408 e. The summed E-state index contributed by atoms with van der Waals surface area (Å²) >= 11 is 0. The first-order valence-corrected chi connectivity index (χ1v) is 11.6. The summed E-state index contributed by atoms with van der Waals surface area (Å²) in [6.45, 7) is 7.71. The third-order valence-electron chi connectivity index (χ3n) is 3.89. The van der Waals surface area contributed by atoms with Crippen LogP contribution >= 0.6 is 0 Å². The minimum absolute atomic E-state index is 0.0788. The van der Waals surface area contributed by atoms with Crippen molar-refractivity contribution < 1.29 is 17.9 Å². The molecule has 0 aliphatic rings. The highest BCUT2D eigenvalue weighted by Crippen LogP contribution is 2.14. The van der Waals surface area contributed by atoms with E-state index in [1.807, 2.05) is 58.0 Å². The number of benzene rings is 1. The van der Waals surface area contributed by atoms with Crippen LogP contribution in [0.25, 0.3) is 0 Å². The van der Waals surface area contributed by atoms with Crippen molar-refractivity contribution in [3.05, 3.63) is 35.9 Å². The molecule has 9 heteroatoms. The predicted octanol–water partition coefficient (Wildman–Crippen LogP) is 2.24. The average Bonchev–Trinajstić information content (AvgIpc) is 2.60. The van der Waals surface area contributed by atoms with E-state index in [1.165, 1.54) is 6.26 Å². The number of alkyl carbamates (subject to hydrolysis) is 1. The van der Waals surface area contributed by atoms with Crippen LogP contribution in [0.2, 0.25) is 0 Å². The zero-order chi connectivity index (χ0) is 22.1.